The molecule has 7 heteroatoms. The minimum absolute atomic E-state index is 0.0972. The lowest BCUT2D eigenvalue weighted by molar-refractivity contribution is -0.115. The molecule has 0 aliphatic heterocycles. The molecule has 0 saturated heterocycles. The highest BCUT2D eigenvalue weighted by molar-refractivity contribution is 7.14. The number of hydrogen-bond acceptors (Lipinski definition) is 6. The fourth-order valence-electron chi connectivity index (χ4n) is 2.91. The number of amides is 1. The summed E-state index contributed by atoms with van der Waals surface area (Å²) in [5.74, 6) is 0.166. The first-order chi connectivity index (χ1) is 14.4. The first-order valence-corrected chi connectivity index (χ1v) is 10.5. The van der Waals surface area contributed by atoms with E-state index < -0.39 is 0 Å². The second kappa shape index (κ2) is 9.54. The van der Waals surface area contributed by atoms with Crippen molar-refractivity contribution in [3.05, 3.63) is 70.2 Å². The van der Waals surface area contributed by atoms with Crippen molar-refractivity contribution in [3.8, 4) is 5.75 Å². The third-order valence-corrected chi connectivity index (χ3v) is 5.49. The molecule has 3 aromatic rings. The summed E-state index contributed by atoms with van der Waals surface area (Å²) in [5, 5.41) is 2.48. The van der Waals surface area contributed by atoms with Gasteiger partial charge >= 0.3 is 5.97 Å². The Labute approximate surface area is 180 Å². The summed E-state index contributed by atoms with van der Waals surface area (Å²) in [6.45, 7) is 7.91. The number of benzene rings is 2. The van der Waals surface area contributed by atoms with E-state index in [0.29, 0.717) is 23.1 Å². The van der Waals surface area contributed by atoms with Gasteiger partial charge in [0.1, 0.15) is 12.4 Å². The van der Waals surface area contributed by atoms with E-state index in [1.807, 2.05) is 37.4 Å². The Morgan fingerprint density at radius 1 is 1.10 bits per heavy atom. The zero-order valence-corrected chi connectivity index (χ0v) is 18.3. The van der Waals surface area contributed by atoms with Gasteiger partial charge in [-0.2, -0.15) is 0 Å². The molecule has 1 heterocycles. The number of ether oxygens (including phenoxy) is 2. The predicted octanol–water partition coefficient (Wildman–Crippen LogP) is 5.20. The van der Waals surface area contributed by atoms with Crippen LogP contribution in [0.2, 0.25) is 0 Å². The highest BCUT2D eigenvalue weighted by Crippen LogP contribution is 2.32. The minimum atomic E-state index is -0.357. The number of hydrogen-bond donors (Lipinski definition) is 0. The summed E-state index contributed by atoms with van der Waals surface area (Å²) < 4.78 is 10.8. The van der Waals surface area contributed by atoms with Gasteiger partial charge in [0.05, 0.1) is 23.6 Å². The maximum absolute atomic E-state index is 12.4. The Kier molecular flexibility index (Phi) is 6.84. The van der Waals surface area contributed by atoms with Gasteiger partial charge in [-0.1, -0.05) is 12.1 Å². The van der Waals surface area contributed by atoms with Gasteiger partial charge in [0.2, 0.25) is 5.91 Å². The van der Waals surface area contributed by atoms with Crippen molar-refractivity contribution >= 4 is 34.0 Å². The number of carbonyl (C=O) groups excluding carboxylic acids is 2. The first-order valence-electron chi connectivity index (χ1n) is 9.62. The van der Waals surface area contributed by atoms with Crippen LogP contribution in [0.5, 0.6) is 5.75 Å². The molecule has 0 spiro atoms. The topological polar surface area (TPSA) is 68.7 Å². The summed E-state index contributed by atoms with van der Waals surface area (Å²) in [5.41, 5.74) is 4.19. The molecule has 0 unspecified atom stereocenters. The monoisotopic (exact) mass is 424 g/mol. The van der Waals surface area contributed by atoms with Crippen LogP contribution >= 0.6 is 11.3 Å². The van der Waals surface area contributed by atoms with E-state index in [2.05, 4.69) is 4.98 Å². The fraction of sp³-hybridized carbons (Fsp3) is 0.261. The Bertz CT molecular complexity index is 1040. The van der Waals surface area contributed by atoms with Crippen LogP contribution in [0.3, 0.4) is 0 Å². The number of rotatable bonds is 7. The maximum Gasteiger partial charge on any atom is 0.338 e. The van der Waals surface area contributed by atoms with Gasteiger partial charge < -0.3 is 9.47 Å². The molecule has 0 aliphatic rings. The van der Waals surface area contributed by atoms with Crippen LogP contribution in [0.1, 0.15) is 41.0 Å². The SMILES string of the molecule is CCOC(=O)c1ccc(OCc2csc(N(C(C)=O)c3cccc(C)c3C)n2)cc1. The van der Waals surface area contributed by atoms with Crippen molar-refractivity contribution in [2.45, 2.75) is 34.3 Å². The smallest absolute Gasteiger partial charge is 0.338 e. The molecule has 0 aliphatic carbocycles. The summed E-state index contributed by atoms with van der Waals surface area (Å²) in [6, 6.07) is 12.6. The van der Waals surface area contributed by atoms with Gasteiger partial charge in [-0.3, -0.25) is 9.69 Å². The molecule has 0 radical (unpaired) electrons. The lowest BCUT2D eigenvalue weighted by atomic mass is 10.1. The van der Waals surface area contributed by atoms with Crippen molar-refractivity contribution < 1.29 is 19.1 Å². The lowest BCUT2D eigenvalue weighted by Gasteiger charge is -2.21. The molecule has 1 amide bonds. The van der Waals surface area contributed by atoms with Crippen LogP contribution in [-0.2, 0) is 16.1 Å². The standard InChI is InChI=1S/C23H24N2O4S/c1-5-28-22(27)18-9-11-20(12-10-18)29-13-19-14-30-23(24-19)25(17(4)26)21-8-6-7-15(2)16(21)3/h6-12,14H,5,13H2,1-4H3. The predicted molar refractivity (Wildman–Crippen MR) is 118 cm³/mol. The van der Waals surface area contributed by atoms with Crippen molar-refractivity contribution in [1.29, 1.82) is 0 Å². The van der Waals surface area contributed by atoms with Crippen molar-refractivity contribution in [2.24, 2.45) is 0 Å². The second-order valence-corrected chi connectivity index (χ2v) is 7.56. The van der Waals surface area contributed by atoms with Crippen LogP contribution in [0.15, 0.2) is 47.8 Å². The van der Waals surface area contributed by atoms with E-state index in [0.717, 1.165) is 22.5 Å². The molecule has 0 bridgehead atoms. The third kappa shape index (κ3) is 4.86. The van der Waals surface area contributed by atoms with Gasteiger partial charge in [0, 0.05) is 12.3 Å². The van der Waals surface area contributed by atoms with Crippen LogP contribution < -0.4 is 9.64 Å². The van der Waals surface area contributed by atoms with E-state index >= 15 is 0 Å². The molecular weight excluding hydrogens is 400 g/mol. The highest BCUT2D eigenvalue weighted by Gasteiger charge is 2.20. The van der Waals surface area contributed by atoms with Gasteiger partial charge in [-0.15, -0.1) is 11.3 Å². The summed E-state index contributed by atoms with van der Waals surface area (Å²) >= 11 is 1.40. The van der Waals surface area contributed by atoms with Gasteiger partial charge in [-0.05, 0) is 62.2 Å². The first kappa shape index (κ1) is 21.5. The molecule has 0 atom stereocenters. The number of carbonyl (C=O) groups is 2. The summed E-state index contributed by atoms with van der Waals surface area (Å²) in [7, 11) is 0. The van der Waals surface area contributed by atoms with Gasteiger partial charge in [0.25, 0.3) is 0 Å². The largest absolute Gasteiger partial charge is 0.487 e. The van der Waals surface area contributed by atoms with Crippen LogP contribution in [0.4, 0.5) is 10.8 Å². The number of esters is 1. The molecule has 2 aromatic carbocycles. The Morgan fingerprint density at radius 3 is 2.50 bits per heavy atom. The molecule has 3 rings (SSSR count). The molecule has 156 valence electrons. The average molecular weight is 425 g/mol. The number of thiazole rings is 1. The molecule has 0 fully saturated rings. The molecule has 0 saturated carbocycles. The number of anilines is 2. The lowest BCUT2D eigenvalue weighted by Crippen LogP contribution is -2.23. The summed E-state index contributed by atoms with van der Waals surface area (Å²) in [4.78, 5) is 30.3. The number of nitrogens with zero attached hydrogens (tertiary/aromatic N) is 2. The van der Waals surface area contributed by atoms with Gasteiger partial charge in [0.15, 0.2) is 5.13 Å². The molecular formula is C23H24N2O4S. The van der Waals surface area contributed by atoms with E-state index in [1.165, 1.54) is 18.3 Å². The molecule has 6 nitrogen and oxygen atoms in total. The maximum atomic E-state index is 12.4. The summed E-state index contributed by atoms with van der Waals surface area (Å²) in [6.07, 6.45) is 0. The quantitative estimate of drug-likeness (QED) is 0.488. The van der Waals surface area contributed by atoms with E-state index in [1.54, 1.807) is 36.1 Å². The zero-order chi connectivity index (χ0) is 21.7. The van der Waals surface area contributed by atoms with Crippen LogP contribution in [0.25, 0.3) is 0 Å². The van der Waals surface area contributed by atoms with Crippen molar-refractivity contribution in [2.75, 3.05) is 11.5 Å². The molecule has 30 heavy (non-hydrogen) atoms. The average Bonchev–Trinajstić information content (AvgIpc) is 3.18. The highest BCUT2D eigenvalue weighted by atomic mass is 32.1. The molecule has 0 N–H and O–H groups in total. The van der Waals surface area contributed by atoms with Crippen LogP contribution in [-0.4, -0.2) is 23.5 Å². The zero-order valence-electron chi connectivity index (χ0n) is 17.5. The van der Waals surface area contributed by atoms with E-state index in [-0.39, 0.29) is 18.5 Å². The number of aryl methyl sites for hydroxylation is 1. The number of aromatic nitrogens is 1. The van der Waals surface area contributed by atoms with E-state index in [4.69, 9.17) is 9.47 Å². The molecule has 1 aromatic heterocycles. The Hall–Kier alpha value is -3.19. The fourth-order valence-corrected chi connectivity index (χ4v) is 3.77. The third-order valence-electron chi connectivity index (χ3n) is 4.61. The normalized spacial score (nSPS) is 10.5. The van der Waals surface area contributed by atoms with E-state index in [9.17, 15) is 9.59 Å². The van der Waals surface area contributed by atoms with Crippen LogP contribution in [0, 0.1) is 13.8 Å². The van der Waals surface area contributed by atoms with Gasteiger partial charge in [-0.25, -0.2) is 9.78 Å². The minimum Gasteiger partial charge on any atom is -0.487 e. The van der Waals surface area contributed by atoms with Crippen molar-refractivity contribution in [1.82, 2.24) is 4.98 Å². The van der Waals surface area contributed by atoms with Crippen molar-refractivity contribution in [3.63, 3.8) is 0 Å². The second-order valence-electron chi connectivity index (χ2n) is 6.73. The Morgan fingerprint density at radius 2 is 1.83 bits per heavy atom. The Balaban J connectivity index is 1.71.